The highest BCUT2D eigenvalue weighted by molar-refractivity contribution is 9.10. The topological polar surface area (TPSA) is 79.5 Å². The molecule has 3 heterocycles. The highest BCUT2D eigenvalue weighted by atomic mass is 79.9. The highest BCUT2D eigenvalue weighted by Gasteiger charge is 2.23. The van der Waals surface area contributed by atoms with Gasteiger partial charge in [0.15, 0.2) is 10.3 Å². The summed E-state index contributed by atoms with van der Waals surface area (Å²) >= 11 is 9.36. The van der Waals surface area contributed by atoms with E-state index < -0.39 is 6.09 Å². The Kier molecular flexibility index (Phi) is 4.23. The predicted octanol–water partition coefficient (Wildman–Crippen LogP) is 4.63. The Morgan fingerprint density at radius 3 is 2.78 bits per heavy atom. The predicted molar refractivity (Wildman–Crippen MR) is 89.9 cm³/mol. The van der Waals surface area contributed by atoms with Gasteiger partial charge in [-0.1, -0.05) is 11.6 Å². The summed E-state index contributed by atoms with van der Waals surface area (Å²) in [4.78, 5) is 21.1. The van der Waals surface area contributed by atoms with Gasteiger partial charge in [0, 0.05) is 24.0 Å². The number of aromatic nitrogens is 2. The minimum absolute atomic E-state index is 0.144. The molecule has 3 aromatic heterocycles. The molecule has 3 rings (SSSR count). The third-order valence-corrected chi connectivity index (χ3v) is 4.33. The molecule has 1 N–H and O–H groups in total. The normalized spacial score (nSPS) is 10.9. The molecule has 8 heteroatoms. The summed E-state index contributed by atoms with van der Waals surface area (Å²) < 4.78 is 6.13. The van der Waals surface area contributed by atoms with Crippen molar-refractivity contribution in [1.82, 2.24) is 9.97 Å². The number of aryl methyl sites for hydroxylation is 1. The van der Waals surface area contributed by atoms with Gasteiger partial charge >= 0.3 is 6.09 Å². The molecule has 23 heavy (non-hydrogen) atoms. The van der Waals surface area contributed by atoms with Gasteiger partial charge in [-0.3, -0.25) is 9.88 Å². The summed E-state index contributed by atoms with van der Waals surface area (Å²) in [7, 11) is 0. The van der Waals surface area contributed by atoms with Gasteiger partial charge in [-0.25, -0.2) is 9.78 Å². The number of pyridine rings is 2. The Bertz CT molecular complexity index is 883. The molecule has 1 amide bonds. The molecule has 118 valence electrons. The summed E-state index contributed by atoms with van der Waals surface area (Å²) in [5, 5.41) is 9.81. The first-order chi connectivity index (χ1) is 11.0. The molecule has 0 saturated carbocycles. The number of nitrogens with zero attached hydrogens (tertiary/aromatic N) is 3. The monoisotopic (exact) mass is 395 g/mol. The largest absolute Gasteiger partial charge is 0.465 e. The maximum atomic E-state index is 11.7. The third kappa shape index (κ3) is 3.02. The third-order valence-electron chi connectivity index (χ3n) is 3.38. The van der Waals surface area contributed by atoms with Crippen LogP contribution in [0.3, 0.4) is 0 Å². The molecule has 0 aromatic carbocycles. The van der Waals surface area contributed by atoms with Crippen LogP contribution < -0.4 is 4.90 Å². The van der Waals surface area contributed by atoms with Gasteiger partial charge in [0.25, 0.3) is 0 Å². The van der Waals surface area contributed by atoms with Crippen molar-refractivity contribution in [2.24, 2.45) is 0 Å². The second-order valence-electron chi connectivity index (χ2n) is 4.87. The number of amides is 1. The molecular formula is C15H11BrClN3O3. The van der Waals surface area contributed by atoms with Gasteiger partial charge < -0.3 is 9.52 Å². The first kappa shape index (κ1) is 15.8. The van der Waals surface area contributed by atoms with E-state index in [1.807, 2.05) is 6.92 Å². The number of hydrogen-bond acceptors (Lipinski definition) is 4. The fourth-order valence-electron chi connectivity index (χ4n) is 2.23. The average Bonchev–Trinajstić information content (AvgIpc) is 2.81. The number of halogens is 2. The number of rotatable bonds is 3. The lowest BCUT2D eigenvalue weighted by Crippen LogP contribution is -2.28. The lowest BCUT2D eigenvalue weighted by Gasteiger charge is -2.19. The van der Waals surface area contributed by atoms with E-state index in [-0.39, 0.29) is 11.7 Å². The zero-order chi connectivity index (χ0) is 16.6. The summed E-state index contributed by atoms with van der Waals surface area (Å²) in [6.45, 7) is 1.96. The van der Waals surface area contributed by atoms with E-state index in [1.54, 1.807) is 24.5 Å². The lowest BCUT2D eigenvalue weighted by molar-refractivity contribution is 0.201. The van der Waals surface area contributed by atoms with Crippen molar-refractivity contribution in [2.45, 2.75) is 13.5 Å². The molecule has 0 fully saturated rings. The Morgan fingerprint density at radius 1 is 1.43 bits per heavy atom. The minimum Gasteiger partial charge on any atom is -0.465 e. The zero-order valence-corrected chi connectivity index (χ0v) is 14.3. The number of furan rings is 1. The number of anilines is 1. The molecule has 6 nitrogen and oxygen atoms in total. The van der Waals surface area contributed by atoms with Crippen molar-refractivity contribution in [3.05, 3.63) is 51.5 Å². The van der Waals surface area contributed by atoms with Crippen molar-refractivity contribution in [2.75, 3.05) is 4.90 Å². The smallest absolute Gasteiger partial charge is 0.412 e. The van der Waals surface area contributed by atoms with E-state index in [1.165, 1.54) is 11.0 Å². The molecule has 0 unspecified atom stereocenters. The van der Waals surface area contributed by atoms with Gasteiger partial charge in [-0.15, -0.1) is 0 Å². The van der Waals surface area contributed by atoms with E-state index in [0.29, 0.717) is 21.5 Å². The Balaban J connectivity index is 2.15. The molecule has 0 aliphatic rings. The molecule has 0 atom stereocenters. The summed E-state index contributed by atoms with van der Waals surface area (Å²) in [6, 6.07) is 4.98. The molecule has 0 spiro atoms. The van der Waals surface area contributed by atoms with Crippen LogP contribution in [-0.4, -0.2) is 21.2 Å². The van der Waals surface area contributed by atoms with E-state index in [4.69, 9.17) is 16.0 Å². The van der Waals surface area contributed by atoms with Crippen LogP contribution in [0.25, 0.3) is 11.1 Å². The van der Waals surface area contributed by atoms with Crippen LogP contribution in [0.2, 0.25) is 5.15 Å². The van der Waals surface area contributed by atoms with Crippen molar-refractivity contribution in [3.63, 3.8) is 0 Å². The Labute approximate surface area is 144 Å². The summed E-state index contributed by atoms with van der Waals surface area (Å²) in [5.41, 5.74) is 2.80. The zero-order valence-electron chi connectivity index (χ0n) is 12.0. The van der Waals surface area contributed by atoms with Crippen LogP contribution in [0.5, 0.6) is 0 Å². The van der Waals surface area contributed by atoms with Gasteiger partial charge in [0.1, 0.15) is 10.7 Å². The molecule has 0 aliphatic heterocycles. The van der Waals surface area contributed by atoms with Gasteiger partial charge in [0.05, 0.1) is 12.2 Å². The number of carboxylic acid groups (broad SMARTS) is 1. The molecule has 3 aromatic rings. The van der Waals surface area contributed by atoms with E-state index in [2.05, 4.69) is 25.9 Å². The maximum Gasteiger partial charge on any atom is 0.412 e. The van der Waals surface area contributed by atoms with Crippen LogP contribution in [0.1, 0.15) is 11.1 Å². The molecule has 0 radical (unpaired) electrons. The molecular weight excluding hydrogens is 386 g/mol. The van der Waals surface area contributed by atoms with Crippen molar-refractivity contribution in [3.8, 4) is 0 Å². The standard InChI is InChI=1S/C15H11BrClN3O3/c1-8-12-13(23-14(8)16)10(6-11(17)19-12)20(15(21)22)7-9-2-4-18-5-3-9/h2-6H,7H2,1H3,(H,21,22). The summed E-state index contributed by atoms with van der Waals surface area (Å²) in [5.74, 6) is 0. The Morgan fingerprint density at radius 2 is 2.13 bits per heavy atom. The van der Waals surface area contributed by atoms with Crippen LogP contribution in [0.4, 0.5) is 10.5 Å². The van der Waals surface area contributed by atoms with E-state index in [0.717, 1.165) is 11.1 Å². The number of hydrogen-bond donors (Lipinski definition) is 1. The first-order valence-electron chi connectivity index (χ1n) is 6.62. The van der Waals surface area contributed by atoms with Gasteiger partial charge in [-0.05, 0) is 40.5 Å². The number of carbonyl (C=O) groups is 1. The first-order valence-corrected chi connectivity index (χ1v) is 7.79. The van der Waals surface area contributed by atoms with Crippen LogP contribution in [0.15, 0.2) is 39.7 Å². The highest BCUT2D eigenvalue weighted by Crippen LogP contribution is 2.36. The van der Waals surface area contributed by atoms with Crippen LogP contribution in [-0.2, 0) is 6.54 Å². The van der Waals surface area contributed by atoms with Crippen LogP contribution in [0, 0.1) is 6.92 Å². The minimum atomic E-state index is -1.12. The molecule has 0 bridgehead atoms. The quantitative estimate of drug-likeness (QED) is 0.653. The average molecular weight is 397 g/mol. The molecule has 0 saturated heterocycles. The SMILES string of the molecule is Cc1c(Br)oc2c(N(Cc3ccncc3)C(=O)O)cc(Cl)nc12. The second-order valence-corrected chi connectivity index (χ2v) is 5.97. The van der Waals surface area contributed by atoms with Crippen molar-refractivity contribution in [1.29, 1.82) is 0 Å². The fraction of sp³-hybridized carbons (Fsp3) is 0.133. The van der Waals surface area contributed by atoms with Crippen LogP contribution >= 0.6 is 27.5 Å². The van der Waals surface area contributed by atoms with E-state index >= 15 is 0 Å². The maximum absolute atomic E-state index is 11.7. The van der Waals surface area contributed by atoms with E-state index in [9.17, 15) is 9.90 Å². The van der Waals surface area contributed by atoms with Gasteiger partial charge in [0.2, 0.25) is 0 Å². The molecule has 0 aliphatic carbocycles. The Hall–Kier alpha value is -2.12. The van der Waals surface area contributed by atoms with Crippen molar-refractivity contribution >= 4 is 50.4 Å². The second kappa shape index (κ2) is 6.17. The fourth-order valence-corrected chi connectivity index (χ4v) is 2.77. The lowest BCUT2D eigenvalue weighted by atomic mass is 10.2. The number of fused-ring (bicyclic) bond motifs is 1. The van der Waals surface area contributed by atoms with Gasteiger partial charge in [-0.2, -0.15) is 0 Å². The summed E-state index contributed by atoms with van der Waals surface area (Å²) in [6.07, 6.45) is 2.10. The van der Waals surface area contributed by atoms with Crippen molar-refractivity contribution < 1.29 is 14.3 Å².